The van der Waals surface area contributed by atoms with Crippen LogP contribution in [0.1, 0.15) is 13.3 Å². The topological polar surface area (TPSA) is 27.6 Å². The first-order valence-electron chi connectivity index (χ1n) is 4.13. The molecular weight excluding hydrogens is 138 g/mol. The minimum atomic E-state index is 0.922. The van der Waals surface area contributed by atoms with Crippen LogP contribution in [0.25, 0.3) is 0 Å². The number of rotatable bonds is 6. The van der Waals surface area contributed by atoms with Crippen LogP contribution in [-0.2, 0) is 0 Å². The standard InChI is InChI=1S/C8H19N3/c1-4-9-8-10-6-5-7-11(2)3/h8H,4-7H2,1-3H3,(H,9,10). The Morgan fingerprint density at radius 1 is 1.45 bits per heavy atom. The molecule has 0 aliphatic heterocycles. The van der Waals surface area contributed by atoms with Crippen molar-refractivity contribution in [2.75, 3.05) is 33.7 Å². The second-order valence-corrected chi connectivity index (χ2v) is 2.75. The molecule has 0 spiro atoms. The minimum Gasteiger partial charge on any atom is -0.377 e. The zero-order valence-electron chi connectivity index (χ0n) is 7.80. The molecule has 0 radical (unpaired) electrons. The Bertz CT molecular complexity index is 99.5. The quantitative estimate of drug-likeness (QED) is 0.347. The third-order valence-corrected chi connectivity index (χ3v) is 1.28. The number of nitrogens with one attached hydrogen (secondary N) is 1. The molecule has 0 aliphatic rings. The molecule has 0 aromatic heterocycles. The SMILES string of the molecule is CCNC=NCCCN(C)C. The maximum Gasteiger partial charge on any atom is 0.0823 e. The lowest BCUT2D eigenvalue weighted by Gasteiger charge is -2.06. The Balaban J connectivity index is 3.01. The molecule has 66 valence electrons. The summed E-state index contributed by atoms with van der Waals surface area (Å²) in [5.74, 6) is 0. The molecule has 0 amide bonds. The van der Waals surface area contributed by atoms with Gasteiger partial charge in [0.2, 0.25) is 0 Å². The van der Waals surface area contributed by atoms with E-state index in [0.29, 0.717) is 0 Å². The fourth-order valence-electron chi connectivity index (χ4n) is 0.699. The van der Waals surface area contributed by atoms with Crippen LogP contribution < -0.4 is 5.32 Å². The lowest BCUT2D eigenvalue weighted by molar-refractivity contribution is 0.403. The van der Waals surface area contributed by atoms with E-state index in [9.17, 15) is 0 Å². The van der Waals surface area contributed by atoms with Crippen molar-refractivity contribution in [3.05, 3.63) is 0 Å². The minimum absolute atomic E-state index is 0.922. The molecule has 0 rings (SSSR count). The Morgan fingerprint density at radius 3 is 2.73 bits per heavy atom. The highest BCUT2D eigenvalue weighted by Crippen LogP contribution is 1.82. The van der Waals surface area contributed by atoms with Crippen molar-refractivity contribution < 1.29 is 0 Å². The predicted octanol–water partition coefficient (Wildman–Crippen LogP) is 0.576. The molecule has 0 atom stereocenters. The highest BCUT2D eigenvalue weighted by Gasteiger charge is 1.86. The first-order valence-corrected chi connectivity index (χ1v) is 4.13. The smallest absolute Gasteiger partial charge is 0.0823 e. The van der Waals surface area contributed by atoms with E-state index in [-0.39, 0.29) is 0 Å². The molecule has 0 bridgehead atoms. The second-order valence-electron chi connectivity index (χ2n) is 2.75. The van der Waals surface area contributed by atoms with Crippen LogP contribution in [0.3, 0.4) is 0 Å². The van der Waals surface area contributed by atoms with E-state index < -0.39 is 0 Å². The summed E-state index contributed by atoms with van der Waals surface area (Å²) in [6, 6.07) is 0. The van der Waals surface area contributed by atoms with Gasteiger partial charge in [0.05, 0.1) is 6.34 Å². The van der Waals surface area contributed by atoms with Crippen molar-refractivity contribution >= 4 is 6.34 Å². The molecule has 0 aromatic rings. The summed E-state index contributed by atoms with van der Waals surface area (Å²) in [6.45, 7) is 5.05. The largest absolute Gasteiger partial charge is 0.377 e. The number of aliphatic imine (C=N–C) groups is 1. The van der Waals surface area contributed by atoms with Crippen LogP contribution >= 0.6 is 0 Å². The van der Waals surface area contributed by atoms with Crippen molar-refractivity contribution in [2.24, 2.45) is 4.99 Å². The molecule has 0 heterocycles. The summed E-state index contributed by atoms with van der Waals surface area (Å²) < 4.78 is 0. The summed E-state index contributed by atoms with van der Waals surface area (Å²) in [5.41, 5.74) is 0. The van der Waals surface area contributed by atoms with E-state index in [2.05, 4.69) is 36.2 Å². The van der Waals surface area contributed by atoms with Crippen LogP contribution in [0.15, 0.2) is 4.99 Å². The molecule has 1 N–H and O–H groups in total. The Kier molecular flexibility index (Phi) is 7.15. The van der Waals surface area contributed by atoms with Gasteiger partial charge in [-0.2, -0.15) is 0 Å². The molecule has 11 heavy (non-hydrogen) atoms. The maximum absolute atomic E-state index is 4.17. The lowest BCUT2D eigenvalue weighted by Crippen LogP contribution is -2.14. The van der Waals surface area contributed by atoms with Gasteiger partial charge in [0.25, 0.3) is 0 Å². The Morgan fingerprint density at radius 2 is 2.18 bits per heavy atom. The van der Waals surface area contributed by atoms with E-state index in [1.54, 1.807) is 6.34 Å². The molecule has 0 fully saturated rings. The Labute approximate surface area is 69.5 Å². The van der Waals surface area contributed by atoms with Gasteiger partial charge < -0.3 is 10.2 Å². The number of nitrogens with zero attached hydrogens (tertiary/aromatic N) is 2. The van der Waals surface area contributed by atoms with Crippen molar-refractivity contribution in [3.8, 4) is 0 Å². The van der Waals surface area contributed by atoms with Crippen LogP contribution in [0, 0.1) is 0 Å². The molecule has 3 nitrogen and oxygen atoms in total. The van der Waals surface area contributed by atoms with E-state index >= 15 is 0 Å². The lowest BCUT2D eigenvalue weighted by atomic mass is 10.4. The first-order chi connectivity index (χ1) is 5.27. The fourth-order valence-corrected chi connectivity index (χ4v) is 0.699. The summed E-state index contributed by atoms with van der Waals surface area (Å²) in [7, 11) is 4.15. The van der Waals surface area contributed by atoms with Crippen LogP contribution in [0.2, 0.25) is 0 Å². The summed E-state index contributed by atoms with van der Waals surface area (Å²) in [6.07, 6.45) is 2.92. The maximum atomic E-state index is 4.17. The third-order valence-electron chi connectivity index (χ3n) is 1.28. The van der Waals surface area contributed by atoms with Gasteiger partial charge in [-0.3, -0.25) is 4.99 Å². The average Bonchev–Trinajstić information content (AvgIpc) is 1.96. The third kappa shape index (κ3) is 9.43. The molecule has 0 unspecified atom stereocenters. The van der Waals surface area contributed by atoms with Gasteiger partial charge >= 0.3 is 0 Å². The highest BCUT2D eigenvalue weighted by atomic mass is 15.0. The number of hydrogen-bond acceptors (Lipinski definition) is 2. The predicted molar refractivity (Wildman–Crippen MR) is 50.2 cm³/mol. The van der Waals surface area contributed by atoms with Crippen molar-refractivity contribution in [2.45, 2.75) is 13.3 Å². The number of hydrogen-bond donors (Lipinski definition) is 1. The van der Waals surface area contributed by atoms with Gasteiger partial charge in [-0.25, -0.2) is 0 Å². The average molecular weight is 157 g/mol. The van der Waals surface area contributed by atoms with E-state index in [0.717, 1.165) is 26.1 Å². The van der Waals surface area contributed by atoms with Crippen molar-refractivity contribution in [3.63, 3.8) is 0 Å². The van der Waals surface area contributed by atoms with E-state index in [1.165, 1.54) is 0 Å². The van der Waals surface area contributed by atoms with Crippen LogP contribution in [0.5, 0.6) is 0 Å². The Hall–Kier alpha value is -0.570. The molecule has 0 aliphatic carbocycles. The molecule has 0 saturated heterocycles. The van der Waals surface area contributed by atoms with Crippen LogP contribution in [-0.4, -0.2) is 45.0 Å². The zero-order valence-corrected chi connectivity index (χ0v) is 7.80. The van der Waals surface area contributed by atoms with E-state index in [1.807, 2.05) is 0 Å². The zero-order chi connectivity index (χ0) is 8.53. The van der Waals surface area contributed by atoms with Gasteiger partial charge in [0.15, 0.2) is 0 Å². The molecule has 0 aromatic carbocycles. The highest BCUT2D eigenvalue weighted by molar-refractivity contribution is 5.53. The first kappa shape index (κ1) is 10.4. The summed E-state index contributed by atoms with van der Waals surface area (Å²) in [4.78, 5) is 6.34. The second kappa shape index (κ2) is 7.54. The molecular formula is C8H19N3. The van der Waals surface area contributed by atoms with Crippen LogP contribution in [0.4, 0.5) is 0 Å². The van der Waals surface area contributed by atoms with Gasteiger partial charge in [-0.15, -0.1) is 0 Å². The van der Waals surface area contributed by atoms with Crippen molar-refractivity contribution in [1.82, 2.24) is 10.2 Å². The van der Waals surface area contributed by atoms with Gasteiger partial charge in [0.1, 0.15) is 0 Å². The van der Waals surface area contributed by atoms with Gasteiger partial charge in [-0.05, 0) is 34.0 Å². The fraction of sp³-hybridized carbons (Fsp3) is 0.875. The summed E-state index contributed by atoms with van der Waals surface area (Å²) in [5, 5.41) is 3.03. The monoisotopic (exact) mass is 157 g/mol. The van der Waals surface area contributed by atoms with Gasteiger partial charge in [0, 0.05) is 13.1 Å². The van der Waals surface area contributed by atoms with E-state index in [4.69, 9.17) is 0 Å². The molecule has 0 saturated carbocycles. The van der Waals surface area contributed by atoms with Crippen molar-refractivity contribution in [1.29, 1.82) is 0 Å². The summed E-state index contributed by atoms with van der Waals surface area (Å²) >= 11 is 0. The molecule has 3 heteroatoms. The van der Waals surface area contributed by atoms with Gasteiger partial charge in [-0.1, -0.05) is 0 Å². The normalized spacial score (nSPS) is 11.3.